The predicted octanol–water partition coefficient (Wildman–Crippen LogP) is 4.61. The third-order valence-electron chi connectivity index (χ3n) is 3.82. The van der Waals surface area contributed by atoms with Crippen LogP contribution in [-0.2, 0) is 23.4 Å². The van der Waals surface area contributed by atoms with E-state index in [0.29, 0.717) is 5.69 Å². The molecule has 3 nitrogen and oxygen atoms in total. The van der Waals surface area contributed by atoms with Crippen molar-refractivity contribution < 1.29 is 28.5 Å². The van der Waals surface area contributed by atoms with Gasteiger partial charge in [-0.15, -0.1) is 0 Å². The van der Waals surface area contributed by atoms with Crippen LogP contribution in [0.5, 0.6) is 5.75 Å². The van der Waals surface area contributed by atoms with Gasteiger partial charge in [0.25, 0.3) is 0 Å². The number of hydrogen-bond donors (Lipinski definition) is 2. The molecule has 1 aliphatic carbocycles. The normalized spacial score (nSPS) is 17.1. The fraction of sp³-hybridized carbons (Fsp3) is 0.500. The minimum Gasteiger partial charge on any atom is -0.506 e. The summed E-state index contributed by atoms with van der Waals surface area (Å²) in [6, 6.07) is 2.99. The van der Waals surface area contributed by atoms with Gasteiger partial charge in [0.2, 0.25) is 5.91 Å². The molecule has 0 spiro atoms. The topological polar surface area (TPSA) is 49.3 Å². The second-order valence-corrected chi connectivity index (χ2v) is 6.09. The Morgan fingerprint density at radius 3 is 2.40 bits per heavy atom. The third-order valence-corrected chi connectivity index (χ3v) is 4.69. The number of phenolic OH excluding ortho intramolecular Hbond substituents is 1. The molecule has 109 valence electrons. The van der Waals surface area contributed by atoms with Crippen LogP contribution >= 0.6 is 23.2 Å². The first kappa shape index (κ1) is 17.7. The summed E-state index contributed by atoms with van der Waals surface area (Å²) < 4.78 is 0. The summed E-state index contributed by atoms with van der Waals surface area (Å²) >= 11 is 11.9. The van der Waals surface area contributed by atoms with Gasteiger partial charge in [-0.3, -0.25) is 4.79 Å². The molecule has 1 fully saturated rings. The van der Waals surface area contributed by atoms with Gasteiger partial charge in [-0.1, -0.05) is 49.4 Å². The van der Waals surface area contributed by atoms with Crippen LogP contribution in [0.25, 0.3) is 0 Å². The number of amides is 1. The Morgan fingerprint density at radius 2 is 1.80 bits per heavy atom. The van der Waals surface area contributed by atoms with E-state index in [1.165, 1.54) is 12.5 Å². The third kappa shape index (κ3) is 3.64. The maximum absolute atomic E-state index is 12.4. The molecule has 0 heterocycles. The molecule has 1 aromatic carbocycles. The first-order chi connectivity index (χ1) is 8.94. The molecular formula is C14H17Cl2NO2V. The van der Waals surface area contributed by atoms with Crippen molar-refractivity contribution in [2.24, 2.45) is 5.41 Å². The molecule has 1 saturated carbocycles. The van der Waals surface area contributed by atoms with Crippen molar-refractivity contribution in [3.63, 3.8) is 0 Å². The second kappa shape index (κ2) is 7.08. The Morgan fingerprint density at radius 1 is 1.20 bits per heavy atom. The minimum absolute atomic E-state index is 0. The van der Waals surface area contributed by atoms with E-state index >= 15 is 0 Å². The largest absolute Gasteiger partial charge is 0.506 e. The van der Waals surface area contributed by atoms with Crippen LogP contribution in [0.15, 0.2) is 12.1 Å². The van der Waals surface area contributed by atoms with Gasteiger partial charge in [0.15, 0.2) is 0 Å². The summed E-state index contributed by atoms with van der Waals surface area (Å²) in [5, 5.41) is 12.5. The van der Waals surface area contributed by atoms with E-state index < -0.39 is 0 Å². The number of anilines is 1. The van der Waals surface area contributed by atoms with Crippen molar-refractivity contribution in [1.29, 1.82) is 0 Å². The average molecular weight is 353 g/mol. The van der Waals surface area contributed by atoms with Crippen molar-refractivity contribution in [1.82, 2.24) is 0 Å². The van der Waals surface area contributed by atoms with E-state index in [9.17, 15) is 9.90 Å². The number of halogens is 2. The summed E-state index contributed by atoms with van der Waals surface area (Å²) in [5.74, 6) is -0.121. The molecule has 0 bridgehead atoms. The van der Waals surface area contributed by atoms with Gasteiger partial charge in [-0.25, -0.2) is 0 Å². The fourth-order valence-corrected chi connectivity index (χ4v) is 2.84. The SMILES string of the molecule is CC1(C(=O)Nc2ccc(O)c(Cl)c2Cl)CCCCC1.[V]. The first-order valence-corrected chi connectivity index (χ1v) is 7.18. The molecule has 1 radical (unpaired) electrons. The zero-order chi connectivity index (χ0) is 14.0. The Labute approximate surface area is 140 Å². The minimum atomic E-state index is -0.341. The van der Waals surface area contributed by atoms with Crippen molar-refractivity contribution in [3.8, 4) is 5.75 Å². The Hall–Kier alpha value is -0.346. The zero-order valence-electron chi connectivity index (χ0n) is 11.2. The molecular weight excluding hydrogens is 336 g/mol. The van der Waals surface area contributed by atoms with E-state index in [1.807, 2.05) is 6.92 Å². The van der Waals surface area contributed by atoms with Crippen molar-refractivity contribution in [3.05, 3.63) is 22.2 Å². The maximum Gasteiger partial charge on any atom is 0.230 e. The fourth-order valence-electron chi connectivity index (χ4n) is 2.47. The Bertz CT molecular complexity index is 502. The van der Waals surface area contributed by atoms with Crippen LogP contribution in [0.4, 0.5) is 5.69 Å². The van der Waals surface area contributed by atoms with Crippen molar-refractivity contribution in [2.75, 3.05) is 5.32 Å². The smallest absolute Gasteiger partial charge is 0.230 e. The molecule has 1 amide bonds. The number of phenols is 1. The van der Waals surface area contributed by atoms with Gasteiger partial charge < -0.3 is 10.4 Å². The van der Waals surface area contributed by atoms with Crippen molar-refractivity contribution in [2.45, 2.75) is 39.0 Å². The van der Waals surface area contributed by atoms with Crippen LogP contribution in [0.3, 0.4) is 0 Å². The second-order valence-electron chi connectivity index (χ2n) is 5.34. The van der Waals surface area contributed by atoms with Gasteiger partial charge >= 0.3 is 0 Å². The number of hydrogen-bond acceptors (Lipinski definition) is 2. The number of rotatable bonds is 2. The van der Waals surface area contributed by atoms with Gasteiger partial charge in [-0.2, -0.15) is 0 Å². The maximum atomic E-state index is 12.4. The number of carbonyl (C=O) groups excluding carboxylic acids is 1. The predicted molar refractivity (Wildman–Crippen MR) is 77.9 cm³/mol. The van der Waals surface area contributed by atoms with Crippen LogP contribution in [0.1, 0.15) is 39.0 Å². The number of aromatic hydroxyl groups is 1. The van der Waals surface area contributed by atoms with Gasteiger partial charge in [0.05, 0.1) is 10.7 Å². The van der Waals surface area contributed by atoms with Gasteiger partial charge in [0.1, 0.15) is 10.8 Å². The Kier molecular flexibility index (Phi) is 6.27. The van der Waals surface area contributed by atoms with Crippen LogP contribution in [0.2, 0.25) is 10.0 Å². The summed E-state index contributed by atoms with van der Waals surface area (Å²) in [6.45, 7) is 1.98. The molecule has 0 unspecified atom stereocenters. The molecule has 1 aliphatic rings. The van der Waals surface area contributed by atoms with Crippen LogP contribution in [-0.4, -0.2) is 11.0 Å². The number of carbonyl (C=O) groups is 1. The van der Waals surface area contributed by atoms with E-state index in [2.05, 4.69) is 5.32 Å². The standard InChI is InChI=1S/C14H17Cl2NO2.V/c1-14(7-3-2-4-8-14)13(19)17-9-5-6-10(18)12(16)11(9)15;/h5-6,18H,2-4,7-8H2,1H3,(H,17,19);. The first-order valence-electron chi connectivity index (χ1n) is 6.42. The quantitative estimate of drug-likeness (QED) is 0.763. The summed E-state index contributed by atoms with van der Waals surface area (Å²) in [7, 11) is 0. The summed E-state index contributed by atoms with van der Waals surface area (Å²) in [5.41, 5.74) is 0.104. The van der Waals surface area contributed by atoms with Crippen LogP contribution < -0.4 is 5.32 Å². The zero-order valence-corrected chi connectivity index (χ0v) is 14.2. The summed E-state index contributed by atoms with van der Waals surface area (Å²) in [4.78, 5) is 12.4. The Balaban J connectivity index is 0.00000200. The van der Waals surface area contributed by atoms with E-state index in [-0.39, 0.29) is 45.7 Å². The summed E-state index contributed by atoms with van der Waals surface area (Å²) in [6.07, 6.45) is 5.13. The molecule has 0 atom stereocenters. The van der Waals surface area contributed by atoms with E-state index in [4.69, 9.17) is 23.2 Å². The van der Waals surface area contributed by atoms with Crippen LogP contribution in [0, 0.1) is 5.41 Å². The monoisotopic (exact) mass is 352 g/mol. The van der Waals surface area contributed by atoms with Gasteiger partial charge in [-0.05, 0) is 25.0 Å². The molecule has 0 aliphatic heterocycles. The van der Waals surface area contributed by atoms with E-state index in [0.717, 1.165) is 25.7 Å². The molecule has 2 N–H and O–H groups in total. The molecule has 0 saturated heterocycles. The molecule has 20 heavy (non-hydrogen) atoms. The van der Waals surface area contributed by atoms with Crippen molar-refractivity contribution >= 4 is 34.8 Å². The molecule has 6 heteroatoms. The number of benzene rings is 1. The van der Waals surface area contributed by atoms with E-state index in [1.54, 1.807) is 6.07 Å². The number of nitrogens with one attached hydrogen (secondary N) is 1. The molecule has 2 rings (SSSR count). The molecule has 1 aromatic rings. The average Bonchev–Trinajstić information content (AvgIpc) is 2.40. The van der Waals surface area contributed by atoms with Gasteiger partial charge in [0, 0.05) is 24.0 Å². The molecule has 0 aromatic heterocycles.